The number of ether oxygens (including phenoxy) is 1. The first kappa shape index (κ1) is 14.3. The average molecular weight is 351 g/mol. The number of furan rings is 1. The monoisotopic (exact) mass is 350 g/mol. The molecule has 6 heteroatoms. The zero-order valence-electron chi connectivity index (χ0n) is 11.5. The summed E-state index contributed by atoms with van der Waals surface area (Å²) < 4.78 is 13.1. The van der Waals surface area contributed by atoms with Gasteiger partial charge in [0.25, 0.3) is 0 Å². The molecule has 2 heterocycles. The first-order chi connectivity index (χ1) is 10.2. The minimum absolute atomic E-state index is 0.528. The van der Waals surface area contributed by atoms with Crippen molar-refractivity contribution in [1.29, 1.82) is 0 Å². The van der Waals surface area contributed by atoms with Crippen LogP contribution in [0.25, 0.3) is 11.0 Å². The summed E-state index contributed by atoms with van der Waals surface area (Å²) >= 11 is 3.44. The molecular weight excluding hydrogens is 336 g/mol. The molecule has 0 aliphatic heterocycles. The van der Waals surface area contributed by atoms with Gasteiger partial charge in [-0.1, -0.05) is 18.2 Å². The van der Waals surface area contributed by atoms with Gasteiger partial charge in [0.15, 0.2) is 0 Å². The predicted molar refractivity (Wildman–Crippen MR) is 82.1 cm³/mol. The van der Waals surface area contributed by atoms with Crippen LogP contribution in [0.2, 0.25) is 0 Å². The molecule has 1 atom stereocenters. The number of hydrogen-bond donors (Lipinski definition) is 1. The fourth-order valence-corrected chi connectivity index (χ4v) is 2.87. The van der Waals surface area contributed by atoms with Crippen molar-refractivity contribution in [1.82, 2.24) is 9.78 Å². The minimum atomic E-state index is -0.817. The van der Waals surface area contributed by atoms with Crippen molar-refractivity contribution in [2.24, 2.45) is 0 Å². The van der Waals surface area contributed by atoms with E-state index in [1.807, 2.05) is 24.3 Å². The summed E-state index contributed by atoms with van der Waals surface area (Å²) in [6, 6.07) is 7.63. The number of rotatable bonds is 5. The van der Waals surface area contributed by atoms with Gasteiger partial charge in [-0.25, -0.2) is 0 Å². The molecule has 0 spiro atoms. The normalized spacial score (nSPS) is 12.9. The van der Waals surface area contributed by atoms with Gasteiger partial charge in [-0.3, -0.25) is 4.68 Å². The molecule has 0 aliphatic rings. The molecule has 0 bridgehead atoms. The Morgan fingerprint density at radius 2 is 2.24 bits per heavy atom. The van der Waals surface area contributed by atoms with Crippen molar-refractivity contribution in [3.05, 3.63) is 52.5 Å². The molecular formula is C15H15BrN2O3. The lowest BCUT2D eigenvalue weighted by Gasteiger charge is -2.13. The molecule has 0 fully saturated rings. The van der Waals surface area contributed by atoms with E-state index in [4.69, 9.17) is 9.15 Å². The molecule has 21 heavy (non-hydrogen) atoms. The number of nitrogens with zero attached hydrogens (tertiary/aromatic N) is 2. The highest BCUT2D eigenvalue weighted by Crippen LogP contribution is 2.33. The largest absolute Gasteiger partial charge is 0.464 e. The third-order valence-electron chi connectivity index (χ3n) is 3.40. The van der Waals surface area contributed by atoms with Crippen molar-refractivity contribution in [3.63, 3.8) is 0 Å². The zero-order chi connectivity index (χ0) is 14.8. The molecule has 1 N–H and O–H groups in total. The first-order valence-electron chi connectivity index (χ1n) is 6.56. The summed E-state index contributed by atoms with van der Waals surface area (Å²) in [6.45, 7) is 1.10. The van der Waals surface area contributed by atoms with Gasteiger partial charge in [-0.15, -0.1) is 0 Å². The standard InChI is InChI=1S/C15H15BrN2O3/c1-20-7-6-18-14(12(16)8-17-18)15(19)11-9-21-13-5-3-2-4-10(11)13/h2-5,8-9,15,19H,6-7H2,1H3. The fraction of sp³-hybridized carbons (Fsp3) is 0.267. The van der Waals surface area contributed by atoms with Crippen LogP contribution in [0.1, 0.15) is 17.4 Å². The lowest BCUT2D eigenvalue weighted by Crippen LogP contribution is -2.13. The highest BCUT2D eigenvalue weighted by molar-refractivity contribution is 9.10. The number of aliphatic hydroxyl groups excluding tert-OH is 1. The van der Waals surface area contributed by atoms with Gasteiger partial charge in [0.05, 0.1) is 35.8 Å². The molecule has 0 radical (unpaired) electrons. The van der Waals surface area contributed by atoms with E-state index >= 15 is 0 Å². The van der Waals surface area contributed by atoms with Gasteiger partial charge in [0.2, 0.25) is 0 Å². The maximum absolute atomic E-state index is 10.7. The zero-order valence-corrected chi connectivity index (χ0v) is 13.1. The summed E-state index contributed by atoms with van der Waals surface area (Å²) in [4.78, 5) is 0. The Bertz CT molecular complexity index is 750. The topological polar surface area (TPSA) is 60.4 Å². The van der Waals surface area contributed by atoms with Gasteiger partial charge in [-0.05, 0) is 22.0 Å². The number of aromatic nitrogens is 2. The van der Waals surface area contributed by atoms with Gasteiger partial charge < -0.3 is 14.3 Å². The predicted octanol–water partition coefficient (Wildman–Crippen LogP) is 3.12. The SMILES string of the molecule is COCCn1ncc(Br)c1C(O)c1coc2ccccc12. The second-order valence-corrected chi connectivity index (χ2v) is 5.54. The van der Waals surface area contributed by atoms with E-state index in [2.05, 4.69) is 21.0 Å². The number of hydrogen-bond acceptors (Lipinski definition) is 4. The maximum Gasteiger partial charge on any atom is 0.134 e. The Kier molecular flexibility index (Phi) is 4.10. The van der Waals surface area contributed by atoms with E-state index in [1.54, 1.807) is 24.3 Å². The van der Waals surface area contributed by atoms with Crippen LogP contribution in [0.15, 0.2) is 45.6 Å². The number of fused-ring (bicyclic) bond motifs is 1. The van der Waals surface area contributed by atoms with Crippen LogP contribution in [-0.2, 0) is 11.3 Å². The molecule has 0 saturated carbocycles. The Labute approximate surface area is 130 Å². The van der Waals surface area contributed by atoms with Gasteiger partial charge in [0, 0.05) is 18.1 Å². The first-order valence-corrected chi connectivity index (χ1v) is 7.36. The lowest BCUT2D eigenvalue weighted by molar-refractivity contribution is 0.171. The Morgan fingerprint density at radius 1 is 1.43 bits per heavy atom. The van der Waals surface area contributed by atoms with Crippen LogP contribution >= 0.6 is 15.9 Å². The van der Waals surface area contributed by atoms with Crippen LogP contribution in [0, 0.1) is 0 Å². The number of halogens is 1. The number of para-hydroxylation sites is 1. The van der Waals surface area contributed by atoms with Crippen molar-refractivity contribution in [3.8, 4) is 0 Å². The molecule has 2 aromatic heterocycles. The highest BCUT2D eigenvalue weighted by Gasteiger charge is 2.23. The van der Waals surface area contributed by atoms with Crippen LogP contribution < -0.4 is 0 Å². The maximum atomic E-state index is 10.7. The second-order valence-electron chi connectivity index (χ2n) is 4.68. The van der Waals surface area contributed by atoms with Crippen LogP contribution in [0.3, 0.4) is 0 Å². The molecule has 5 nitrogen and oxygen atoms in total. The summed E-state index contributed by atoms with van der Waals surface area (Å²) in [7, 11) is 1.64. The van der Waals surface area contributed by atoms with Crippen molar-refractivity contribution >= 4 is 26.9 Å². The molecule has 110 valence electrons. The van der Waals surface area contributed by atoms with Crippen LogP contribution in [-0.4, -0.2) is 28.6 Å². The second kappa shape index (κ2) is 6.01. The lowest BCUT2D eigenvalue weighted by atomic mass is 10.1. The van der Waals surface area contributed by atoms with Crippen molar-refractivity contribution in [2.45, 2.75) is 12.6 Å². The highest BCUT2D eigenvalue weighted by atomic mass is 79.9. The number of benzene rings is 1. The number of aliphatic hydroxyl groups is 1. The van der Waals surface area contributed by atoms with Gasteiger partial charge in [0.1, 0.15) is 11.7 Å². The van der Waals surface area contributed by atoms with Crippen molar-refractivity contribution < 1.29 is 14.3 Å². The minimum Gasteiger partial charge on any atom is -0.464 e. The smallest absolute Gasteiger partial charge is 0.134 e. The fourth-order valence-electron chi connectivity index (χ4n) is 2.36. The quantitative estimate of drug-likeness (QED) is 0.767. The van der Waals surface area contributed by atoms with Gasteiger partial charge in [-0.2, -0.15) is 5.10 Å². The Morgan fingerprint density at radius 3 is 3.05 bits per heavy atom. The summed E-state index contributed by atoms with van der Waals surface area (Å²) in [6.07, 6.45) is 2.45. The molecule has 0 saturated heterocycles. The number of methoxy groups -OCH3 is 1. The van der Waals surface area contributed by atoms with E-state index in [-0.39, 0.29) is 0 Å². The summed E-state index contributed by atoms with van der Waals surface area (Å²) in [5.74, 6) is 0. The molecule has 1 unspecified atom stereocenters. The Hall–Kier alpha value is -1.63. The van der Waals surface area contributed by atoms with Crippen molar-refractivity contribution in [2.75, 3.05) is 13.7 Å². The van der Waals surface area contributed by atoms with Crippen LogP contribution in [0.4, 0.5) is 0 Å². The summed E-state index contributed by atoms with van der Waals surface area (Å²) in [5, 5.41) is 15.9. The molecule has 3 rings (SSSR count). The molecule has 0 aliphatic carbocycles. The third-order valence-corrected chi connectivity index (χ3v) is 4.02. The van der Waals surface area contributed by atoms with E-state index < -0.39 is 6.10 Å². The Balaban J connectivity index is 2.02. The average Bonchev–Trinajstić information content (AvgIpc) is 3.08. The summed E-state index contributed by atoms with van der Waals surface area (Å²) in [5.41, 5.74) is 2.18. The molecule has 1 aromatic carbocycles. The van der Waals surface area contributed by atoms with Crippen LogP contribution in [0.5, 0.6) is 0 Å². The van der Waals surface area contributed by atoms with E-state index in [0.29, 0.717) is 18.8 Å². The third kappa shape index (κ3) is 2.62. The van der Waals surface area contributed by atoms with Gasteiger partial charge >= 0.3 is 0 Å². The molecule has 3 aromatic rings. The van der Waals surface area contributed by atoms with E-state index in [1.165, 1.54) is 0 Å². The molecule has 0 amide bonds. The van der Waals surface area contributed by atoms with E-state index in [0.717, 1.165) is 21.0 Å². The van der Waals surface area contributed by atoms with E-state index in [9.17, 15) is 5.11 Å².